The summed E-state index contributed by atoms with van der Waals surface area (Å²) in [5.74, 6) is 1.15. The first kappa shape index (κ1) is 16.7. The Hall–Kier alpha value is -2.13. The molecule has 0 unspecified atom stereocenters. The Kier molecular flexibility index (Phi) is 4.22. The van der Waals surface area contributed by atoms with Crippen LogP contribution in [0.1, 0.15) is 33.6 Å². The normalized spacial score (nSPS) is 17.8. The van der Waals surface area contributed by atoms with Gasteiger partial charge in [-0.3, -0.25) is 9.48 Å². The third-order valence-electron chi connectivity index (χ3n) is 4.02. The number of hydrogen-bond acceptors (Lipinski definition) is 5. The highest BCUT2D eigenvalue weighted by molar-refractivity contribution is 7.88. The molecule has 0 radical (unpaired) electrons. The Morgan fingerprint density at radius 3 is 2.83 bits per heavy atom. The summed E-state index contributed by atoms with van der Waals surface area (Å²) in [6.07, 6.45) is 2.77. The Bertz CT molecular complexity index is 868. The van der Waals surface area contributed by atoms with Crippen LogP contribution in [0, 0.1) is 13.8 Å². The van der Waals surface area contributed by atoms with E-state index < -0.39 is 10.0 Å². The molecule has 1 amide bonds. The average Bonchev–Trinajstić information content (AvgIpc) is 3.09. The number of nitrogens with zero attached hydrogens (tertiary/aromatic N) is 3. The lowest BCUT2D eigenvalue weighted by Gasteiger charge is -2.33. The van der Waals surface area contributed by atoms with Crippen LogP contribution in [0.2, 0.25) is 0 Å². The van der Waals surface area contributed by atoms with E-state index >= 15 is 0 Å². The molecule has 0 aromatic carbocycles. The number of hydrogen-bond donors (Lipinski definition) is 1. The second-order valence-corrected chi connectivity index (χ2v) is 7.89. The summed E-state index contributed by atoms with van der Waals surface area (Å²) in [4.78, 5) is 14.5. The Morgan fingerprint density at radius 1 is 1.46 bits per heavy atom. The van der Waals surface area contributed by atoms with Crippen molar-refractivity contribution in [3.05, 3.63) is 41.1 Å². The van der Waals surface area contributed by atoms with Crippen molar-refractivity contribution in [3.8, 4) is 0 Å². The molecule has 24 heavy (non-hydrogen) atoms. The van der Waals surface area contributed by atoms with Crippen molar-refractivity contribution >= 4 is 15.9 Å². The summed E-state index contributed by atoms with van der Waals surface area (Å²) in [6.45, 7) is 4.54. The number of sulfonamides is 1. The lowest BCUT2D eigenvalue weighted by molar-refractivity contribution is 0.0670. The van der Waals surface area contributed by atoms with Crippen LogP contribution >= 0.6 is 0 Å². The number of carbonyl (C=O) groups is 1. The molecule has 1 atom stereocenters. The third kappa shape index (κ3) is 3.36. The molecule has 1 aliphatic rings. The molecule has 1 N–H and O–H groups in total. The lowest BCUT2D eigenvalue weighted by Crippen LogP contribution is -2.45. The maximum absolute atomic E-state index is 12.8. The van der Waals surface area contributed by atoms with Gasteiger partial charge in [-0.1, -0.05) is 0 Å². The molecule has 0 bridgehead atoms. The van der Waals surface area contributed by atoms with Crippen LogP contribution < -0.4 is 4.72 Å². The zero-order valence-electron chi connectivity index (χ0n) is 13.8. The van der Waals surface area contributed by atoms with Gasteiger partial charge in [-0.2, -0.15) is 5.10 Å². The number of aryl methyl sites for hydroxylation is 2. The molecule has 0 aliphatic carbocycles. The highest BCUT2D eigenvalue weighted by Gasteiger charge is 2.30. The fraction of sp³-hybridized carbons (Fsp3) is 0.467. The van der Waals surface area contributed by atoms with Crippen LogP contribution in [0.4, 0.5) is 0 Å². The molecule has 130 valence electrons. The zero-order chi connectivity index (χ0) is 17.5. The highest BCUT2D eigenvalue weighted by atomic mass is 32.2. The van der Waals surface area contributed by atoms with Gasteiger partial charge in [0.2, 0.25) is 10.0 Å². The lowest BCUT2D eigenvalue weighted by atomic mass is 10.1. The molecule has 3 heterocycles. The molecule has 3 rings (SSSR count). The maximum Gasteiger partial charge on any atom is 0.257 e. The Labute approximate surface area is 140 Å². The topological polar surface area (TPSA) is 97.4 Å². The van der Waals surface area contributed by atoms with Gasteiger partial charge in [0.15, 0.2) is 0 Å². The number of fused-ring (bicyclic) bond motifs is 1. The molecule has 8 nitrogen and oxygen atoms in total. The number of aromatic nitrogens is 2. The van der Waals surface area contributed by atoms with Crippen LogP contribution in [0.3, 0.4) is 0 Å². The van der Waals surface area contributed by atoms with Gasteiger partial charge in [-0.15, -0.1) is 0 Å². The quantitative estimate of drug-likeness (QED) is 0.879. The minimum atomic E-state index is -3.31. The molecule has 2 aromatic heterocycles. The van der Waals surface area contributed by atoms with Crippen LogP contribution in [-0.4, -0.2) is 48.4 Å². The van der Waals surface area contributed by atoms with Crippen LogP contribution in [0.25, 0.3) is 0 Å². The SMILES string of the molecule is Cc1cc(C(=O)N2Cc3ccnn3[C@H](CNS(C)(=O)=O)C2)c(C)o1. The first-order valence-corrected chi connectivity index (χ1v) is 9.47. The van der Waals surface area contributed by atoms with Gasteiger partial charge in [0.25, 0.3) is 5.91 Å². The van der Waals surface area contributed by atoms with Crippen molar-refractivity contribution in [2.45, 2.75) is 26.4 Å². The number of rotatable bonds is 4. The van der Waals surface area contributed by atoms with Crippen molar-refractivity contribution in [1.29, 1.82) is 0 Å². The van der Waals surface area contributed by atoms with E-state index in [1.165, 1.54) is 0 Å². The second-order valence-electron chi connectivity index (χ2n) is 6.05. The smallest absolute Gasteiger partial charge is 0.257 e. The largest absolute Gasteiger partial charge is 0.466 e. The minimum Gasteiger partial charge on any atom is -0.466 e. The molecule has 0 saturated heterocycles. The van der Waals surface area contributed by atoms with Crippen molar-refractivity contribution in [1.82, 2.24) is 19.4 Å². The molecular weight excluding hydrogens is 332 g/mol. The van der Waals surface area contributed by atoms with E-state index in [0.29, 0.717) is 30.2 Å². The van der Waals surface area contributed by atoms with E-state index in [1.54, 1.807) is 35.7 Å². The number of nitrogens with one attached hydrogen (secondary N) is 1. The van der Waals surface area contributed by atoms with Gasteiger partial charge in [0, 0.05) is 19.3 Å². The standard InChI is InChI=1S/C15H20N4O4S/c1-10-6-14(11(2)23-10)15(20)18-8-12-4-5-16-19(12)13(9-18)7-17-24(3,21)22/h4-6,13,17H,7-9H2,1-3H3/t13-/m1/s1. The first-order valence-electron chi connectivity index (χ1n) is 7.58. The van der Waals surface area contributed by atoms with Gasteiger partial charge in [0.05, 0.1) is 30.1 Å². The van der Waals surface area contributed by atoms with Gasteiger partial charge in [-0.25, -0.2) is 13.1 Å². The Morgan fingerprint density at radius 2 is 2.21 bits per heavy atom. The van der Waals surface area contributed by atoms with E-state index in [-0.39, 0.29) is 18.5 Å². The summed E-state index contributed by atoms with van der Waals surface area (Å²) in [7, 11) is -3.31. The summed E-state index contributed by atoms with van der Waals surface area (Å²) in [6, 6.07) is 3.31. The summed E-state index contributed by atoms with van der Waals surface area (Å²) in [5.41, 5.74) is 1.41. The van der Waals surface area contributed by atoms with Crippen molar-refractivity contribution in [3.63, 3.8) is 0 Å². The summed E-state index contributed by atoms with van der Waals surface area (Å²) in [5, 5.41) is 4.25. The zero-order valence-corrected chi connectivity index (χ0v) is 14.6. The summed E-state index contributed by atoms with van der Waals surface area (Å²) < 4.78 is 32.5. The van der Waals surface area contributed by atoms with Crippen molar-refractivity contribution in [2.24, 2.45) is 0 Å². The minimum absolute atomic E-state index is 0.124. The fourth-order valence-corrected chi connectivity index (χ4v) is 3.45. The predicted octanol–water partition coefficient (Wildman–Crippen LogP) is 0.839. The third-order valence-corrected chi connectivity index (χ3v) is 4.71. The van der Waals surface area contributed by atoms with E-state index in [9.17, 15) is 13.2 Å². The Balaban J connectivity index is 1.84. The summed E-state index contributed by atoms with van der Waals surface area (Å²) >= 11 is 0. The van der Waals surface area contributed by atoms with Gasteiger partial charge < -0.3 is 9.32 Å². The van der Waals surface area contributed by atoms with E-state index in [2.05, 4.69) is 9.82 Å². The maximum atomic E-state index is 12.8. The van der Waals surface area contributed by atoms with Crippen LogP contribution in [-0.2, 0) is 16.6 Å². The van der Waals surface area contributed by atoms with Crippen LogP contribution in [0.15, 0.2) is 22.7 Å². The van der Waals surface area contributed by atoms with E-state index in [0.717, 1.165) is 11.9 Å². The van der Waals surface area contributed by atoms with Crippen molar-refractivity contribution < 1.29 is 17.6 Å². The predicted molar refractivity (Wildman–Crippen MR) is 87.0 cm³/mol. The average molecular weight is 352 g/mol. The molecule has 1 aliphatic heterocycles. The highest BCUT2D eigenvalue weighted by Crippen LogP contribution is 2.24. The van der Waals surface area contributed by atoms with E-state index in [1.807, 2.05) is 6.07 Å². The number of amides is 1. The van der Waals surface area contributed by atoms with Gasteiger partial charge in [-0.05, 0) is 26.0 Å². The van der Waals surface area contributed by atoms with Crippen molar-refractivity contribution in [2.75, 3.05) is 19.3 Å². The molecule has 9 heteroatoms. The monoisotopic (exact) mass is 352 g/mol. The molecule has 0 saturated carbocycles. The van der Waals surface area contributed by atoms with Gasteiger partial charge in [0.1, 0.15) is 11.5 Å². The number of furan rings is 1. The number of carbonyl (C=O) groups excluding carboxylic acids is 1. The van der Waals surface area contributed by atoms with E-state index in [4.69, 9.17) is 4.42 Å². The molecular formula is C15H20N4O4S. The molecule has 0 fully saturated rings. The van der Waals surface area contributed by atoms with Crippen LogP contribution in [0.5, 0.6) is 0 Å². The molecule has 0 spiro atoms. The second kappa shape index (κ2) is 6.06. The first-order chi connectivity index (χ1) is 11.2. The fourth-order valence-electron chi connectivity index (χ4n) is 2.95. The van der Waals surface area contributed by atoms with Gasteiger partial charge >= 0.3 is 0 Å². The molecule has 2 aromatic rings.